The third-order valence-electron chi connectivity index (χ3n) is 5.76. The van der Waals surface area contributed by atoms with E-state index in [4.69, 9.17) is 0 Å². The molecule has 3 rings (SSSR count). The summed E-state index contributed by atoms with van der Waals surface area (Å²) in [5, 5.41) is 3.23. The fraction of sp³-hybridized carbons (Fsp3) is 0.600. The zero-order valence-electron chi connectivity index (χ0n) is 14.8. The van der Waals surface area contributed by atoms with Crippen molar-refractivity contribution in [1.29, 1.82) is 0 Å². The molecule has 4 heteroatoms. The van der Waals surface area contributed by atoms with E-state index < -0.39 is 0 Å². The molecule has 130 valence electrons. The van der Waals surface area contributed by atoms with Gasteiger partial charge in [0.05, 0.1) is 0 Å². The number of nitrogens with zero attached hydrogens (tertiary/aromatic N) is 1. The maximum absolute atomic E-state index is 12.6. The Bertz CT molecular complexity index is 613. The molecule has 0 spiro atoms. The summed E-state index contributed by atoms with van der Waals surface area (Å²) in [4.78, 5) is 26.3. The number of amides is 2. The molecular formula is C20H28N2O2. The van der Waals surface area contributed by atoms with Crippen LogP contribution in [-0.4, -0.2) is 29.3 Å². The number of carbonyl (C=O) groups excluding carboxylic acids is 2. The van der Waals surface area contributed by atoms with E-state index in [1.807, 2.05) is 29.2 Å². The van der Waals surface area contributed by atoms with E-state index >= 15 is 0 Å². The second-order valence-electron chi connectivity index (χ2n) is 7.47. The monoisotopic (exact) mass is 328 g/mol. The van der Waals surface area contributed by atoms with Crippen molar-refractivity contribution in [3.63, 3.8) is 0 Å². The maximum Gasteiger partial charge on any atom is 0.251 e. The van der Waals surface area contributed by atoms with Gasteiger partial charge in [0.1, 0.15) is 0 Å². The molecule has 3 atom stereocenters. The molecular weight excluding hydrogens is 300 g/mol. The Balaban J connectivity index is 1.64. The molecule has 0 radical (unpaired) electrons. The smallest absolute Gasteiger partial charge is 0.251 e. The molecule has 0 aromatic heterocycles. The second-order valence-corrected chi connectivity index (χ2v) is 7.47. The van der Waals surface area contributed by atoms with Gasteiger partial charge in [-0.2, -0.15) is 0 Å². The van der Waals surface area contributed by atoms with Crippen LogP contribution < -0.4 is 5.32 Å². The normalized spacial score (nSPS) is 27.3. The van der Waals surface area contributed by atoms with E-state index in [0.717, 1.165) is 24.9 Å². The largest absolute Gasteiger partial charge is 0.349 e. The van der Waals surface area contributed by atoms with Gasteiger partial charge >= 0.3 is 0 Å². The van der Waals surface area contributed by atoms with Crippen LogP contribution >= 0.6 is 0 Å². The third kappa shape index (κ3) is 3.80. The minimum absolute atomic E-state index is 0.00977. The summed E-state index contributed by atoms with van der Waals surface area (Å²) in [5.41, 5.74) is 1.73. The lowest BCUT2D eigenvalue weighted by Crippen LogP contribution is -2.43. The first-order valence-corrected chi connectivity index (χ1v) is 9.22. The Morgan fingerprint density at radius 3 is 2.83 bits per heavy atom. The van der Waals surface area contributed by atoms with E-state index in [-0.39, 0.29) is 17.9 Å². The van der Waals surface area contributed by atoms with Crippen molar-refractivity contribution in [1.82, 2.24) is 10.2 Å². The van der Waals surface area contributed by atoms with Crippen molar-refractivity contribution < 1.29 is 9.59 Å². The Morgan fingerprint density at radius 1 is 1.25 bits per heavy atom. The highest BCUT2D eigenvalue weighted by atomic mass is 16.2. The lowest BCUT2D eigenvalue weighted by molar-refractivity contribution is -0.128. The van der Waals surface area contributed by atoms with Gasteiger partial charge in [0.2, 0.25) is 5.91 Å². The van der Waals surface area contributed by atoms with Crippen LogP contribution in [0.4, 0.5) is 0 Å². The predicted octanol–water partition coefficient (Wildman–Crippen LogP) is 3.36. The van der Waals surface area contributed by atoms with Crippen molar-refractivity contribution >= 4 is 11.8 Å². The average Bonchev–Trinajstić information content (AvgIpc) is 2.97. The quantitative estimate of drug-likeness (QED) is 0.921. The average molecular weight is 328 g/mol. The first-order chi connectivity index (χ1) is 11.5. The van der Waals surface area contributed by atoms with Gasteiger partial charge in [-0.3, -0.25) is 9.59 Å². The number of hydrogen-bond acceptors (Lipinski definition) is 2. The van der Waals surface area contributed by atoms with Gasteiger partial charge < -0.3 is 10.2 Å². The summed E-state index contributed by atoms with van der Waals surface area (Å²) in [6.45, 7) is 5.95. The van der Waals surface area contributed by atoms with E-state index in [2.05, 4.69) is 19.2 Å². The van der Waals surface area contributed by atoms with Crippen LogP contribution in [-0.2, 0) is 11.3 Å². The lowest BCUT2D eigenvalue weighted by atomic mass is 9.78. The lowest BCUT2D eigenvalue weighted by Gasteiger charge is -2.34. The minimum Gasteiger partial charge on any atom is -0.349 e. The van der Waals surface area contributed by atoms with Gasteiger partial charge in [-0.1, -0.05) is 38.8 Å². The van der Waals surface area contributed by atoms with Crippen molar-refractivity contribution in [3.05, 3.63) is 35.4 Å². The summed E-state index contributed by atoms with van der Waals surface area (Å²) in [6, 6.07) is 7.97. The van der Waals surface area contributed by atoms with Gasteiger partial charge in [-0.25, -0.2) is 0 Å². The molecule has 1 saturated carbocycles. The van der Waals surface area contributed by atoms with E-state index in [1.165, 1.54) is 12.8 Å². The van der Waals surface area contributed by atoms with Crippen molar-refractivity contribution in [2.45, 2.75) is 58.5 Å². The zero-order valence-corrected chi connectivity index (χ0v) is 14.8. The number of nitrogens with one attached hydrogen (secondary N) is 1. The fourth-order valence-electron chi connectivity index (χ4n) is 3.94. The highest BCUT2D eigenvalue weighted by Crippen LogP contribution is 2.29. The van der Waals surface area contributed by atoms with Crippen LogP contribution in [0, 0.1) is 11.8 Å². The molecule has 2 fully saturated rings. The van der Waals surface area contributed by atoms with Crippen LogP contribution in [0.3, 0.4) is 0 Å². The molecule has 1 heterocycles. The Morgan fingerprint density at radius 2 is 2.08 bits per heavy atom. The van der Waals surface area contributed by atoms with Gasteiger partial charge in [0.25, 0.3) is 5.91 Å². The van der Waals surface area contributed by atoms with Crippen LogP contribution in [0.1, 0.15) is 61.9 Å². The molecule has 24 heavy (non-hydrogen) atoms. The highest BCUT2D eigenvalue weighted by molar-refractivity contribution is 5.94. The highest BCUT2D eigenvalue weighted by Gasteiger charge is 2.28. The third-order valence-corrected chi connectivity index (χ3v) is 5.76. The van der Waals surface area contributed by atoms with Crippen LogP contribution in [0.25, 0.3) is 0 Å². The molecule has 1 aliphatic heterocycles. The molecule has 1 aromatic rings. The van der Waals surface area contributed by atoms with Crippen molar-refractivity contribution in [2.75, 3.05) is 6.54 Å². The van der Waals surface area contributed by atoms with Gasteiger partial charge in [-0.05, 0) is 42.4 Å². The molecule has 1 N–H and O–H groups in total. The number of carbonyl (C=O) groups is 2. The Labute approximate surface area is 144 Å². The minimum atomic E-state index is 0.00977. The van der Waals surface area contributed by atoms with Crippen molar-refractivity contribution in [3.8, 4) is 0 Å². The maximum atomic E-state index is 12.6. The first-order valence-electron chi connectivity index (χ1n) is 9.22. The molecule has 4 nitrogen and oxygen atoms in total. The molecule has 2 aliphatic rings. The Kier molecular flexibility index (Phi) is 5.22. The summed E-state index contributed by atoms with van der Waals surface area (Å²) >= 11 is 0. The summed E-state index contributed by atoms with van der Waals surface area (Å²) in [6.07, 6.45) is 5.11. The molecule has 1 saturated heterocycles. The van der Waals surface area contributed by atoms with Gasteiger partial charge in [-0.15, -0.1) is 0 Å². The van der Waals surface area contributed by atoms with Crippen LogP contribution in [0.5, 0.6) is 0 Å². The first kappa shape index (κ1) is 17.0. The molecule has 0 bridgehead atoms. The van der Waals surface area contributed by atoms with E-state index in [9.17, 15) is 9.59 Å². The van der Waals surface area contributed by atoms with Crippen LogP contribution in [0.2, 0.25) is 0 Å². The Hall–Kier alpha value is -1.84. The number of benzene rings is 1. The second kappa shape index (κ2) is 7.37. The number of hydrogen-bond donors (Lipinski definition) is 1. The SMILES string of the molecule is CC1CCCC(NC(=O)c2cccc(CN3CCCC3=O)c2)C1C. The fourth-order valence-corrected chi connectivity index (χ4v) is 3.94. The van der Waals surface area contributed by atoms with E-state index in [1.54, 1.807) is 0 Å². The topological polar surface area (TPSA) is 49.4 Å². The summed E-state index contributed by atoms with van der Waals surface area (Å²) in [5.74, 6) is 1.41. The summed E-state index contributed by atoms with van der Waals surface area (Å²) in [7, 11) is 0. The molecule has 1 aliphatic carbocycles. The standard InChI is InChI=1S/C20H28N2O2/c1-14-6-3-9-18(15(14)2)21-20(24)17-8-4-7-16(12-17)13-22-11-5-10-19(22)23/h4,7-8,12,14-15,18H,3,5-6,9-11,13H2,1-2H3,(H,21,24). The zero-order chi connectivity index (χ0) is 17.1. The summed E-state index contributed by atoms with van der Waals surface area (Å²) < 4.78 is 0. The molecule has 1 aromatic carbocycles. The number of likely N-dealkylation sites (tertiary alicyclic amines) is 1. The number of rotatable bonds is 4. The van der Waals surface area contributed by atoms with Gasteiger partial charge in [0, 0.05) is 31.1 Å². The van der Waals surface area contributed by atoms with Gasteiger partial charge in [0.15, 0.2) is 0 Å². The van der Waals surface area contributed by atoms with Crippen LogP contribution in [0.15, 0.2) is 24.3 Å². The molecule has 3 unspecified atom stereocenters. The van der Waals surface area contributed by atoms with Crippen molar-refractivity contribution in [2.24, 2.45) is 11.8 Å². The van der Waals surface area contributed by atoms with E-state index in [0.29, 0.717) is 30.4 Å². The molecule has 2 amide bonds. The predicted molar refractivity (Wildman–Crippen MR) is 94.5 cm³/mol.